The average molecular weight is 379 g/mol. The molecule has 2 aromatic rings. The molecule has 0 N–H and O–H groups in total. The first-order chi connectivity index (χ1) is 13.7. The second kappa shape index (κ2) is 8.38. The molecule has 2 aliphatic carbocycles. The molecular weight excluding hydrogens is 348 g/mol. The maximum atomic E-state index is 13.8. The summed E-state index contributed by atoms with van der Waals surface area (Å²) in [4.78, 5) is 13.8. The first kappa shape index (κ1) is 19.0. The number of methoxy groups -OCH3 is 2. The highest BCUT2D eigenvalue weighted by atomic mass is 16.5. The van der Waals surface area contributed by atoms with Crippen LogP contribution in [0.2, 0.25) is 0 Å². The molecule has 0 aromatic heterocycles. The smallest absolute Gasteiger partial charge is 0.193 e. The van der Waals surface area contributed by atoms with E-state index in [0.29, 0.717) is 11.8 Å². The third kappa shape index (κ3) is 3.43. The molecule has 3 nitrogen and oxygen atoms in total. The molecule has 4 rings (SSSR count). The zero-order valence-corrected chi connectivity index (χ0v) is 17.0. The van der Waals surface area contributed by atoms with Crippen molar-refractivity contribution >= 4 is 5.78 Å². The van der Waals surface area contributed by atoms with Gasteiger partial charge in [0.2, 0.25) is 0 Å². The lowest BCUT2D eigenvalue weighted by molar-refractivity contribution is 0.103. The first-order valence-electron chi connectivity index (χ1n) is 10.6. The van der Waals surface area contributed by atoms with E-state index in [-0.39, 0.29) is 5.78 Å². The summed E-state index contributed by atoms with van der Waals surface area (Å²) in [6, 6.07) is 11.8. The van der Waals surface area contributed by atoms with Gasteiger partial charge in [-0.1, -0.05) is 49.9 Å². The zero-order chi connectivity index (χ0) is 19.5. The predicted molar refractivity (Wildman–Crippen MR) is 112 cm³/mol. The lowest BCUT2D eigenvalue weighted by Gasteiger charge is -2.21. The summed E-state index contributed by atoms with van der Waals surface area (Å²) < 4.78 is 11.4. The molecule has 148 valence electrons. The van der Waals surface area contributed by atoms with Gasteiger partial charge in [-0.25, -0.2) is 0 Å². The summed E-state index contributed by atoms with van der Waals surface area (Å²) in [7, 11) is 3.41. The standard InChI is InChI=1S/C25H30O3/c1-27-21-15-7-13-19(23(21)17-9-3-4-10-17)25(26)20-14-8-16-22(28-2)24(20)18-11-5-6-12-18/h7-8,13-18H,3-6,9-12H2,1-2H3. The normalized spacial score (nSPS) is 17.8. The predicted octanol–water partition coefficient (Wildman–Crippen LogP) is 6.25. The number of hydrogen-bond acceptors (Lipinski definition) is 3. The molecule has 0 unspecified atom stereocenters. The highest BCUT2D eigenvalue weighted by Crippen LogP contribution is 2.44. The Labute approximate surface area is 168 Å². The molecule has 0 amide bonds. The minimum Gasteiger partial charge on any atom is -0.496 e. The van der Waals surface area contributed by atoms with Crippen LogP contribution in [-0.4, -0.2) is 20.0 Å². The number of hydrogen-bond donors (Lipinski definition) is 0. The quantitative estimate of drug-likeness (QED) is 0.557. The van der Waals surface area contributed by atoms with Gasteiger partial charge in [0, 0.05) is 22.3 Å². The van der Waals surface area contributed by atoms with Gasteiger partial charge < -0.3 is 9.47 Å². The number of benzene rings is 2. The molecule has 3 heteroatoms. The Kier molecular flexibility index (Phi) is 5.70. The monoisotopic (exact) mass is 378 g/mol. The van der Waals surface area contributed by atoms with E-state index in [9.17, 15) is 4.79 Å². The molecular formula is C25H30O3. The van der Waals surface area contributed by atoms with Crippen molar-refractivity contribution < 1.29 is 14.3 Å². The Bertz CT molecular complexity index is 773. The maximum absolute atomic E-state index is 13.8. The highest BCUT2D eigenvalue weighted by molar-refractivity contribution is 6.11. The van der Waals surface area contributed by atoms with E-state index < -0.39 is 0 Å². The van der Waals surface area contributed by atoms with Crippen LogP contribution in [-0.2, 0) is 0 Å². The third-order valence-corrected chi connectivity index (χ3v) is 6.59. The Morgan fingerprint density at radius 2 is 1.11 bits per heavy atom. The third-order valence-electron chi connectivity index (χ3n) is 6.59. The van der Waals surface area contributed by atoms with Gasteiger partial charge >= 0.3 is 0 Å². The van der Waals surface area contributed by atoms with Crippen molar-refractivity contribution in [1.82, 2.24) is 0 Å². The average Bonchev–Trinajstić information content (AvgIpc) is 3.46. The van der Waals surface area contributed by atoms with Gasteiger partial charge in [-0.05, 0) is 49.7 Å². The van der Waals surface area contributed by atoms with Gasteiger partial charge in [0.1, 0.15) is 11.5 Å². The van der Waals surface area contributed by atoms with Crippen LogP contribution < -0.4 is 9.47 Å². The van der Waals surface area contributed by atoms with E-state index in [1.54, 1.807) is 14.2 Å². The van der Waals surface area contributed by atoms with Crippen LogP contribution in [0.3, 0.4) is 0 Å². The second-order valence-corrected chi connectivity index (χ2v) is 8.13. The van der Waals surface area contributed by atoms with Crippen LogP contribution in [0.1, 0.15) is 90.3 Å². The molecule has 0 radical (unpaired) electrons. The summed E-state index contributed by atoms with van der Waals surface area (Å²) >= 11 is 0. The van der Waals surface area contributed by atoms with Crippen molar-refractivity contribution in [2.45, 2.75) is 63.2 Å². The Hall–Kier alpha value is -2.29. The Morgan fingerprint density at radius 1 is 0.714 bits per heavy atom. The fraction of sp³-hybridized carbons (Fsp3) is 0.480. The maximum Gasteiger partial charge on any atom is 0.193 e. The molecule has 0 atom stereocenters. The van der Waals surface area contributed by atoms with Crippen LogP contribution in [0.4, 0.5) is 0 Å². The molecule has 0 bridgehead atoms. The van der Waals surface area contributed by atoms with Crippen LogP contribution >= 0.6 is 0 Å². The van der Waals surface area contributed by atoms with Crippen molar-refractivity contribution in [3.63, 3.8) is 0 Å². The summed E-state index contributed by atoms with van der Waals surface area (Å²) in [6.07, 6.45) is 9.43. The molecule has 0 aliphatic heterocycles. The van der Waals surface area contributed by atoms with Crippen molar-refractivity contribution in [3.05, 3.63) is 58.7 Å². The molecule has 0 saturated heterocycles. The second-order valence-electron chi connectivity index (χ2n) is 8.13. The lowest BCUT2D eigenvalue weighted by Crippen LogP contribution is -2.13. The summed E-state index contributed by atoms with van der Waals surface area (Å²) in [6.45, 7) is 0. The highest BCUT2D eigenvalue weighted by Gasteiger charge is 2.30. The topological polar surface area (TPSA) is 35.5 Å². The summed E-state index contributed by atoms with van der Waals surface area (Å²) in [5.74, 6) is 2.64. The van der Waals surface area contributed by atoms with E-state index in [2.05, 4.69) is 0 Å². The number of ketones is 1. The lowest BCUT2D eigenvalue weighted by atomic mass is 9.84. The first-order valence-corrected chi connectivity index (χ1v) is 10.6. The van der Waals surface area contributed by atoms with Crippen LogP contribution in [0, 0.1) is 0 Å². The van der Waals surface area contributed by atoms with E-state index in [0.717, 1.165) is 59.4 Å². The van der Waals surface area contributed by atoms with Gasteiger partial charge in [-0.2, -0.15) is 0 Å². The molecule has 2 saturated carbocycles. The van der Waals surface area contributed by atoms with Crippen molar-refractivity contribution in [2.24, 2.45) is 0 Å². The van der Waals surface area contributed by atoms with E-state index in [4.69, 9.17) is 9.47 Å². The minimum atomic E-state index is 0.113. The Balaban J connectivity index is 1.83. The number of ether oxygens (including phenoxy) is 2. The van der Waals surface area contributed by atoms with Crippen LogP contribution in [0.15, 0.2) is 36.4 Å². The molecule has 2 aromatic carbocycles. The summed E-state index contributed by atoms with van der Waals surface area (Å²) in [5.41, 5.74) is 3.82. The van der Waals surface area contributed by atoms with Gasteiger partial charge in [-0.15, -0.1) is 0 Å². The molecule has 2 fully saturated rings. The molecule has 0 spiro atoms. The van der Waals surface area contributed by atoms with Gasteiger partial charge in [-0.3, -0.25) is 4.79 Å². The molecule has 28 heavy (non-hydrogen) atoms. The van der Waals surface area contributed by atoms with Gasteiger partial charge in [0.15, 0.2) is 5.78 Å². The summed E-state index contributed by atoms with van der Waals surface area (Å²) in [5, 5.41) is 0. The molecule has 2 aliphatic rings. The number of carbonyl (C=O) groups is 1. The molecule has 0 heterocycles. The van der Waals surface area contributed by atoms with Gasteiger partial charge in [0.05, 0.1) is 14.2 Å². The van der Waals surface area contributed by atoms with E-state index >= 15 is 0 Å². The number of rotatable bonds is 6. The van der Waals surface area contributed by atoms with Crippen molar-refractivity contribution in [3.8, 4) is 11.5 Å². The van der Waals surface area contributed by atoms with Crippen LogP contribution in [0.25, 0.3) is 0 Å². The zero-order valence-electron chi connectivity index (χ0n) is 17.0. The Morgan fingerprint density at radius 3 is 1.46 bits per heavy atom. The van der Waals surface area contributed by atoms with Gasteiger partial charge in [0.25, 0.3) is 0 Å². The largest absolute Gasteiger partial charge is 0.496 e. The minimum absolute atomic E-state index is 0.113. The van der Waals surface area contributed by atoms with Crippen molar-refractivity contribution in [2.75, 3.05) is 14.2 Å². The van der Waals surface area contributed by atoms with Crippen LogP contribution in [0.5, 0.6) is 11.5 Å². The fourth-order valence-electron chi connectivity index (χ4n) is 5.26. The van der Waals surface area contributed by atoms with Crippen molar-refractivity contribution in [1.29, 1.82) is 0 Å². The fourth-order valence-corrected chi connectivity index (χ4v) is 5.26. The van der Waals surface area contributed by atoms with E-state index in [1.165, 1.54) is 25.7 Å². The number of carbonyl (C=O) groups excluding carboxylic acids is 1. The SMILES string of the molecule is COc1cccc(C(=O)c2cccc(OC)c2C2CCCC2)c1C1CCCC1. The van der Waals surface area contributed by atoms with E-state index in [1.807, 2.05) is 36.4 Å².